The molecule has 0 aliphatic heterocycles. The molecule has 0 aromatic rings. The van der Waals surface area contributed by atoms with Gasteiger partial charge in [0.2, 0.25) is 0 Å². The standard InChI is InChI=1S/C13H20O8/c1-9(21-10(2)14)13(18)20-8-4-6-12(17)19-7-3-5-11(15)16/h9H,3-8H2,1-2H3,(H,15,16). The summed E-state index contributed by atoms with van der Waals surface area (Å²) in [5, 5.41) is 8.38. The van der Waals surface area contributed by atoms with E-state index >= 15 is 0 Å². The first kappa shape index (κ1) is 18.9. The number of hydrogen-bond acceptors (Lipinski definition) is 7. The van der Waals surface area contributed by atoms with Gasteiger partial charge in [-0.15, -0.1) is 0 Å². The van der Waals surface area contributed by atoms with Crippen molar-refractivity contribution in [3.05, 3.63) is 0 Å². The molecule has 1 N–H and O–H groups in total. The van der Waals surface area contributed by atoms with Gasteiger partial charge in [0.25, 0.3) is 0 Å². The molecule has 0 fully saturated rings. The van der Waals surface area contributed by atoms with Gasteiger partial charge in [-0.25, -0.2) is 4.79 Å². The summed E-state index contributed by atoms with van der Waals surface area (Å²) in [6.45, 7) is 2.63. The smallest absolute Gasteiger partial charge is 0.347 e. The van der Waals surface area contributed by atoms with Crippen molar-refractivity contribution in [3.63, 3.8) is 0 Å². The molecule has 1 atom stereocenters. The predicted octanol–water partition coefficient (Wildman–Crippen LogP) is 0.669. The van der Waals surface area contributed by atoms with Crippen LogP contribution in [-0.2, 0) is 33.4 Å². The lowest BCUT2D eigenvalue weighted by Gasteiger charge is -2.11. The summed E-state index contributed by atoms with van der Waals surface area (Å²) in [7, 11) is 0. The van der Waals surface area contributed by atoms with Gasteiger partial charge in [0.15, 0.2) is 6.10 Å². The van der Waals surface area contributed by atoms with Crippen molar-refractivity contribution >= 4 is 23.9 Å². The van der Waals surface area contributed by atoms with Crippen LogP contribution in [0, 0.1) is 0 Å². The van der Waals surface area contributed by atoms with Crippen LogP contribution < -0.4 is 0 Å². The van der Waals surface area contributed by atoms with Crippen LogP contribution in [0.3, 0.4) is 0 Å². The van der Waals surface area contributed by atoms with E-state index in [1.165, 1.54) is 13.8 Å². The minimum Gasteiger partial charge on any atom is -0.481 e. The van der Waals surface area contributed by atoms with Crippen LogP contribution in [0.2, 0.25) is 0 Å². The van der Waals surface area contributed by atoms with Gasteiger partial charge in [0.1, 0.15) is 0 Å². The molecule has 0 bridgehead atoms. The summed E-state index contributed by atoms with van der Waals surface area (Å²) in [4.78, 5) is 43.4. The Morgan fingerprint density at radius 2 is 1.57 bits per heavy atom. The minimum atomic E-state index is -0.981. The van der Waals surface area contributed by atoms with Crippen molar-refractivity contribution in [2.24, 2.45) is 0 Å². The van der Waals surface area contributed by atoms with E-state index in [0.717, 1.165) is 0 Å². The number of esters is 3. The molecule has 120 valence electrons. The summed E-state index contributed by atoms with van der Waals surface area (Å²) in [5.41, 5.74) is 0. The number of aliphatic carboxylic acids is 1. The zero-order chi connectivity index (χ0) is 16.3. The Balaban J connectivity index is 3.61. The molecule has 0 amide bonds. The van der Waals surface area contributed by atoms with E-state index < -0.39 is 30.0 Å². The maximum absolute atomic E-state index is 11.3. The second-order valence-electron chi connectivity index (χ2n) is 4.24. The van der Waals surface area contributed by atoms with E-state index in [1.54, 1.807) is 0 Å². The van der Waals surface area contributed by atoms with Gasteiger partial charge in [0.05, 0.1) is 13.2 Å². The zero-order valence-electron chi connectivity index (χ0n) is 12.1. The fourth-order valence-electron chi connectivity index (χ4n) is 1.29. The highest BCUT2D eigenvalue weighted by atomic mass is 16.6. The molecule has 8 heteroatoms. The second kappa shape index (κ2) is 10.6. The molecule has 0 aromatic heterocycles. The number of hydrogen-bond donors (Lipinski definition) is 1. The molecule has 8 nitrogen and oxygen atoms in total. The van der Waals surface area contributed by atoms with E-state index in [1.807, 2.05) is 0 Å². The van der Waals surface area contributed by atoms with Crippen molar-refractivity contribution in [2.45, 2.75) is 45.6 Å². The van der Waals surface area contributed by atoms with Crippen LogP contribution in [0.25, 0.3) is 0 Å². The van der Waals surface area contributed by atoms with Crippen LogP contribution in [0.1, 0.15) is 39.5 Å². The van der Waals surface area contributed by atoms with E-state index in [4.69, 9.17) is 14.6 Å². The topological polar surface area (TPSA) is 116 Å². The van der Waals surface area contributed by atoms with E-state index in [-0.39, 0.29) is 38.9 Å². The number of carboxylic acids is 1. The summed E-state index contributed by atoms with van der Waals surface area (Å²) < 4.78 is 14.2. The Hall–Kier alpha value is -2.12. The molecule has 21 heavy (non-hydrogen) atoms. The number of carbonyl (C=O) groups excluding carboxylic acids is 3. The summed E-state index contributed by atoms with van der Waals surface area (Å²) >= 11 is 0. The lowest BCUT2D eigenvalue weighted by atomic mass is 10.3. The highest BCUT2D eigenvalue weighted by Crippen LogP contribution is 2.00. The van der Waals surface area contributed by atoms with Gasteiger partial charge >= 0.3 is 23.9 Å². The highest BCUT2D eigenvalue weighted by Gasteiger charge is 2.17. The third-order valence-electron chi connectivity index (χ3n) is 2.24. The minimum absolute atomic E-state index is 0.00860. The predicted molar refractivity (Wildman–Crippen MR) is 69.2 cm³/mol. The van der Waals surface area contributed by atoms with Crippen LogP contribution in [-0.4, -0.2) is 48.3 Å². The van der Waals surface area contributed by atoms with Crippen LogP contribution in [0.15, 0.2) is 0 Å². The molecule has 0 saturated heterocycles. The molecule has 0 radical (unpaired) electrons. The number of ether oxygens (including phenoxy) is 3. The van der Waals surface area contributed by atoms with E-state index in [2.05, 4.69) is 4.74 Å². The fourth-order valence-corrected chi connectivity index (χ4v) is 1.29. The van der Waals surface area contributed by atoms with Crippen molar-refractivity contribution in [2.75, 3.05) is 13.2 Å². The maximum Gasteiger partial charge on any atom is 0.347 e. The number of rotatable bonds is 10. The van der Waals surface area contributed by atoms with Gasteiger partial charge in [-0.1, -0.05) is 0 Å². The highest BCUT2D eigenvalue weighted by molar-refractivity contribution is 5.78. The number of carboxylic acid groups (broad SMARTS) is 1. The molecular weight excluding hydrogens is 284 g/mol. The van der Waals surface area contributed by atoms with Crippen molar-refractivity contribution in [1.29, 1.82) is 0 Å². The third-order valence-corrected chi connectivity index (χ3v) is 2.24. The van der Waals surface area contributed by atoms with E-state index in [9.17, 15) is 19.2 Å². The molecule has 0 aliphatic rings. The van der Waals surface area contributed by atoms with Crippen molar-refractivity contribution in [3.8, 4) is 0 Å². The SMILES string of the molecule is CC(=O)OC(C)C(=O)OCCCC(=O)OCCCC(=O)O. The first-order valence-electron chi connectivity index (χ1n) is 6.54. The largest absolute Gasteiger partial charge is 0.481 e. The van der Waals surface area contributed by atoms with Crippen molar-refractivity contribution in [1.82, 2.24) is 0 Å². The Bertz CT molecular complexity index is 376. The van der Waals surface area contributed by atoms with Gasteiger partial charge in [-0.05, 0) is 19.8 Å². The van der Waals surface area contributed by atoms with Gasteiger partial charge < -0.3 is 19.3 Å². The molecule has 0 rings (SSSR count). The lowest BCUT2D eigenvalue weighted by molar-refractivity contribution is -0.165. The average molecular weight is 304 g/mol. The molecule has 0 saturated carbocycles. The average Bonchev–Trinajstić information content (AvgIpc) is 2.38. The second-order valence-corrected chi connectivity index (χ2v) is 4.24. The lowest BCUT2D eigenvalue weighted by Crippen LogP contribution is -2.25. The Morgan fingerprint density at radius 1 is 1.00 bits per heavy atom. The maximum atomic E-state index is 11.3. The summed E-state index contributed by atoms with van der Waals surface area (Å²) in [5.74, 6) is -2.69. The zero-order valence-corrected chi connectivity index (χ0v) is 12.1. The molecule has 0 aromatic carbocycles. The number of carbonyl (C=O) groups is 4. The summed E-state index contributed by atoms with van der Waals surface area (Å²) in [6, 6.07) is 0. The quantitative estimate of drug-likeness (QED) is 0.355. The monoisotopic (exact) mass is 304 g/mol. The van der Waals surface area contributed by atoms with Gasteiger partial charge in [-0.2, -0.15) is 0 Å². The van der Waals surface area contributed by atoms with Crippen LogP contribution >= 0.6 is 0 Å². The molecular formula is C13H20O8. The third kappa shape index (κ3) is 11.4. The molecule has 0 heterocycles. The first-order valence-corrected chi connectivity index (χ1v) is 6.54. The van der Waals surface area contributed by atoms with E-state index in [0.29, 0.717) is 0 Å². The summed E-state index contributed by atoms with van der Waals surface area (Å²) in [6.07, 6.45) is -0.446. The van der Waals surface area contributed by atoms with Crippen LogP contribution in [0.4, 0.5) is 0 Å². The van der Waals surface area contributed by atoms with Gasteiger partial charge in [0, 0.05) is 19.8 Å². The fraction of sp³-hybridized carbons (Fsp3) is 0.692. The Labute approximate surface area is 122 Å². The first-order chi connectivity index (χ1) is 9.82. The Morgan fingerprint density at radius 3 is 2.14 bits per heavy atom. The van der Waals surface area contributed by atoms with Crippen LogP contribution in [0.5, 0.6) is 0 Å². The molecule has 0 spiro atoms. The normalized spacial score (nSPS) is 11.3. The van der Waals surface area contributed by atoms with Gasteiger partial charge in [-0.3, -0.25) is 14.4 Å². The molecule has 1 unspecified atom stereocenters. The molecule has 0 aliphatic carbocycles. The van der Waals surface area contributed by atoms with Crippen molar-refractivity contribution < 1.29 is 38.5 Å². The Kier molecular flexibility index (Phi) is 9.57.